The monoisotopic (exact) mass is 392 g/mol. The summed E-state index contributed by atoms with van der Waals surface area (Å²) in [4.78, 5) is 28.4. The molecule has 0 aliphatic carbocycles. The molecule has 0 saturated carbocycles. The van der Waals surface area contributed by atoms with Crippen LogP contribution < -0.4 is 5.32 Å². The number of nitrogens with zero attached hydrogens (tertiary/aromatic N) is 1. The summed E-state index contributed by atoms with van der Waals surface area (Å²) in [5.74, 6) is -1.10. The molecular formula is C21H26ClFN2O2. The smallest absolute Gasteiger partial charge is 0.199 e. The quantitative estimate of drug-likeness (QED) is 0.641. The second-order valence-corrected chi connectivity index (χ2v) is 7.59. The van der Waals surface area contributed by atoms with Crippen LogP contribution in [0.15, 0.2) is 36.7 Å². The number of carbonyl (C=O) groups excluding carboxylic acids is 2. The van der Waals surface area contributed by atoms with Gasteiger partial charge in [0.05, 0.1) is 10.6 Å². The first-order valence-electron chi connectivity index (χ1n) is 8.86. The molecule has 1 atom stereocenters. The number of nitrogens with one attached hydrogen (secondary N) is 1. The second kappa shape index (κ2) is 8.72. The minimum Gasteiger partial charge on any atom is -0.309 e. The summed E-state index contributed by atoms with van der Waals surface area (Å²) in [5.41, 5.74) is -0.0964. The average molecular weight is 393 g/mol. The van der Waals surface area contributed by atoms with Gasteiger partial charge in [-0.2, -0.15) is 0 Å². The van der Waals surface area contributed by atoms with Crippen molar-refractivity contribution < 1.29 is 15.4 Å². The summed E-state index contributed by atoms with van der Waals surface area (Å²) in [6.45, 7) is 7.52. The van der Waals surface area contributed by atoms with Crippen molar-refractivity contribution in [1.82, 2.24) is 10.3 Å². The van der Waals surface area contributed by atoms with Crippen LogP contribution >= 0.6 is 11.6 Å². The first-order chi connectivity index (χ1) is 12.7. The van der Waals surface area contributed by atoms with E-state index in [-0.39, 0.29) is 29.4 Å². The van der Waals surface area contributed by atoms with E-state index in [1.54, 1.807) is 24.4 Å². The summed E-state index contributed by atoms with van der Waals surface area (Å²) >= 11 is 6.14. The van der Waals surface area contributed by atoms with Crippen molar-refractivity contribution in [3.05, 3.63) is 64.2 Å². The van der Waals surface area contributed by atoms with Gasteiger partial charge in [-0.05, 0) is 31.5 Å². The van der Waals surface area contributed by atoms with E-state index in [9.17, 15) is 9.59 Å². The molecule has 4 nitrogen and oxygen atoms in total. The van der Waals surface area contributed by atoms with Crippen molar-refractivity contribution in [2.24, 2.45) is 5.41 Å². The van der Waals surface area contributed by atoms with Crippen LogP contribution in [0, 0.1) is 11.2 Å². The molecule has 1 aromatic carbocycles. The number of hydrogen-bond donors (Lipinski definition) is 1. The van der Waals surface area contributed by atoms with Crippen LogP contribution in [0.2, 0.25) is 5.02 Å². The minimum absolute atomic E-state index is 0. The maximum Gasteiger partial charge on any atom is 0.199 e. The highest BCUT2D eigenvalue weighted by atomic mass is 35.5. The molecule has 0 amide bonds. The molecule has 1 heterocycles. The van der Waals surface area contributed by atoms with E-state index < -0.39 is 17.0 Å². The Labute approximate surface area is 165 Å². The van der Waals surface area contributed by atoms with Crippen LogP contribution in [0.4, 0.5) is 4.39 Å². The molecule has 2 rings (SSSR count). The standard InChI is InChI=1S/C21H24ClFN2O2.H2/c1-5-17(25-12-21(3,4)13(2)26)15-8-9-16(22)18(19(15)23)20(27)14-7-6-10-24-11-14;/h6-11,17,25H,5,12H2,1-4H3;1H/t17-;/m1./s1. The Morgan fingerprint density at radius 2 is 2.04 bits per heavy atom. The summed E-state index contributed by atoms with van der Waals surface area (Å²) in [5, 5.41) is 3.31. The van der Waals surface area contributed by atoms with Gasteiger partial charge in [0.25, 0.3) is 0 Å². The number of halogens is 2. The van der Waals surface area contributed by atoms with Gasteiger partial charge in [-0.15, -0.1) is 0 Å². The molecule has 27 heavy (non-hydrogen) atoms. The summed E-state index contributed by atoms with van der Waals surface area (Å²) in [6, 6.07) is 5.96. The molecular weight excluding hydrogens is 367 g/mol. The van der Waals surface area contributed by atoms with Gasteiger partial charge in [-0.1, -0.05) is 38.4 Å². The van der Waals surface area contributed by atoms with Gasteiger partial charge >= 0.3 is 0 Å². The fraction of sp³-hybridized carbons (Fsp3) is 0.381. The van der Waals surface area contributed by atoms with Gasteiger partial charge in [-0.3, -0.25) is 14.6 Å². The molecule has 0 bridgehead atoms. The summed E-state index contributed by atoms with van der Waals surface area (Å²) in [7, 11) is 0. The van der Waals surface area contributed by atoms with Gasteiger partial charge in [0, 0.05) is 42.9 Å². The summed E-state index contributed by atoms with van der Waals surface area (Å²) in [6.07, 6.45) is 3.52. The molecule has 2 aromatic rings. The molecule has 0 aliphatic rings. The zero-order valence-corrected chi connectivity index (χ0v) is 16.7. The van der Waals surface area contributed by atoms with Crippen molar-refractivity contribution in [1.29, 1.82) is 0 Å². The van der Waals surface area contributed by atoms with Gasteiger partial charge in [-0.25, -0.2) is 4.39 Å². The average Bonchev–Trinajstić information content (AvgIpc) is 2.64. The van der Waals surface area contributed by atoms with Crippen LogP contribution in [-0.4, -0.2) is 23.1 Å². The van der Waals surface area contributed by atoms with Crippen molar-refractivity contribution in [3.8, 4) is 0 Å². The third-order valence-corrected chi connectivity index (χ3v) is 5.11. The third-order valence-electron chi connectivity index (χ3n) is 4.80. The second-order valence-electron chi connectivity index (χ2n) is 7.18. The molecule has 0 radical (unpaired) electrons. The predicted octanol–water partition coefficient (Wildman–Crippen LogP) is 5.01. The number of hydrogen-bond acceptors (Lipinski definition) is 4. The number of aromatic nitrogens is 1. The fourth-order valence-electron chi connectivity index (χ4n) is 2.66. The van der Waals surface area contributed by atoms with E-state index in [0.717, 1.165) is 0 Å². The zero-order chi connectivity index (χ0) is 20.2. The molecule has 146 valence electrons. The maximum absolute atomic E-state index is 15.3. The zero-order valence-electron chi connectivity index (χ0n) is 16.0. The van der Waals surface area contributed by atoms with E-state index in [2.05, 4.69) is 10.3 Å². The molecule has 0 aliphatic heterocycles. The predicted molar refractivity (Wildman–Crippen MR) is 107 cm³/mol. The lowest BCUT2D eigenvalue weighted by molar-refractivity contribution is -0.124. The topological polar surface area (TPSA) is 59.1 Å². The number of ketones is 2. The first-order valence-corrected chi connectivity index (χ1v) is 9.24. The molecule has 6 heteroatoms. The van der Waals surface area contributed by atoms with Crippen LogP contribution in [0.5, 0.6) is 0 Å². The minimum atomic E-state index is -0.642. The van der Waals surface area contributed by atoms with Crippen LogP contribution in [0.25, 0.3) is 0 Å². The molecule has 0 spiro atoms. The molecule has 1 N–H and O–H groups in total. The summed E-state index contributed by atoms with van der Waals surface area (Å²) < 4.78 is 15.3. The van der Waals surface area contributed by atoms with Gasteiger partial charge in [0.2, 0.25) is 0 Å². The Bertz CT molecular complexity index is 844. The van der Waals surface area contributed by atoms with E-state index in [4.69, 9.17) is 11.6 Å². The lowest BCUT2D eigenvalue weighted by Crippen LogP contribution is -2.37. The molecule has 0 fully saturated rings. The van der Waals surface area contributed by atoms with Crippen LogP contribution in [0.3, 0.4) is 0 Å². The lowest BCUT2D eigenvalue weighted by atomic mass is 9.88. The van der Waals surface area contributed by atoms with Crippen molar-refractivity contribution in [2.45, 2.75) is 40.2 Å². The Morgan fingerprint density at radius 3 is 2.59 bits per heavy atom. The van der Waals surface area contributed by atoms with Gasteiger partial charge in [0.1, 0.15) is 11.6 Å². The Morgan fingerprint density at radius 1 is 1.33 bits per heavy atom. The van der Waals surface area contributed by atoms with Gasteiger partial charge in [0.15, 0.2) is 5.78 Å². The van der Waals surface area contributed by atoms with Crippen molar-refractivity contribution >= 4 is 23.2 Å². The number of benzene rings is 1. The molecule has 0 saturated heterocycles. The normalized spacial score (nSPS) is 12.7. The Kier molecular flexibility index (Phi) is 6.84. The van der Waals surface area contributed by atoms with E-state index in [1.165, 1.54) is 19.2 Å². The number of Topliss-reactive ketones (excluding diaryl/α,β-unsaturated/α-hetero) is 1. The van der Waals surface area contributed by atoms with Crippen LogP contribution in [-0.2, 0) is 4.79 Å². The lowest BCUT2D eigenvalue weighted by Gasteiger charge is -2.26. The number of carbonyl (C=O) groups is 2. The Balaban J connectivity index is 0.00000392. The highest BCUT2D eigenvalue weighted by Crippen LogP contribution is 2.30. The van der Waals surface area contributed by atoms with Crippen molar-refractivity contribution in [3.63, 3.8) is 0 Å². The first kappa shape index (κ1) is 21.2. The SMILES string of the molecule is CC[C@@H](NCC(C)(C)C(C)=O)c1ccc(Cl)c(C(=O)c2cccnc2)c1F.[HH]. The van der Waals surface area contributed by atoms with E-state index >= 15 is 4.39 Å². The fourth-order valence-corrected chi connectivity index (χ4v) is 2.90. The van der Waals surface area contributed by atoms with E-state index in [0.29, 0.717) is 18.5 Å². The van der Waals surface area contributed by atoms with E-state index in [1.807, 2.05) is 20.8 Å². The largest absolute Gasteiger partial charge is 0.309 e. The number of pyridine rings is 1. The Hall–Kier alpha value is -2.11. The van der Waals surface area contributed by atoms with Crippen LogP contribution in [0.1, 0.15) is 63.1 Å². The maximum atomic E-state index is 15.3. The highest BCUT2D eigenvalue weighted by molar-refractivity contribution is 6.35. The highest BCUT2D eigenvalue weighted by Gasteiger charge is 2.27. The number of rotatable bonds is 8. The third kappa shape index (κ3) is 4.79. The molecule has 0 unspecified atom stereocenters. The van der Waals surface area contributed by atoms with Crippen molar-refractivity contribution in [2.75, 3.05) is 6.54 Å². The van der Waals surface area contributed by atoms with Gasteiger partial charge < -0.3 is 5.32 Å². The molecule has 1 aromatic heterocycles.